The topological polar surface area (TPSA) is 39.4 Å². The molecule has 1 aromatic carbocycles. The van der Waals surface area contributed by atoms with Crippen LogP contribution < -0.4 is 4.74 Å². The van der Waals surface area contributed by atoms with Gasteiger partial charge in [-0.3, -0.25) is 4.40 Å². The quantitative estimate of drug-likeness (QED) is 0.522. The minimum absolute atomic E-state index is 0.379. The van der Waals surface area contributed by atoms with E-state index in [4.69, 9.17) is 4.74 Å². The second kappa shape index (κ2) is 6.49. The van der Waals surface area contributed by atoms with Gasteiger partial charge in [0.2, 0.25) is 0 Å². The number of benzene rings is 1. The third kappa shape index (κ3) is 3.76. The summed E-state index contributed by atoms with van der Waals surface area (Å²) in [7, 11) is 0. The van der Waals surface area contributed by atoms with Gasteiger partial charge in [0.05, 0.1) is 12.2 Å². The van der Waals surface area contributed by atoms with Crippen molar-refractivity contribution in [3.63, 3.8) is 0 Å². The molecule has 3 rings (SSSR count). The van der Waals surface area contributed by atoms with Crippen molar-refractivity contribution >= 4 is 17.4 Å². The molecule has 2 aromatic heterocycles. The number of fused-ring (bicyclic) bond motifs is 1. The fourth-order valence-electron chi connectivity index (χ4n) is 1.95. The van der Waals surface area contributed by atoms with E-state index in [0.29, 0.717) is 23.2 Å². The van der Waals surface area contributed by atoms with Gasteiger partial charge in [0.15, 0.2) is 10.8 Å². The Balaban J connectivity index is 1.66. The van der Waals surface area contributed by atoms with Crippen molar-refractivity contribution in [2.45, 2.75) is 11.3 Å². The Labute approximate surface area is 134 Å². The fourth-order valence-corrected chi connectivity index (χ4v) is 2.68. The standard InChI is InChI=1S/C15H12F3N3OS/c16-15(17,18)11-6-7-13-19-20-14(21(13)10-11)23-9-8-22-12-4-2-1-3-5-12/h1-7,10H,8-9H2. The molecule has 0 aliphatic carbocycles. The van der Waals surface area contributed by atoms with E-state index in [0.717, 1.165) is 18.0 Å². The number of rotatable bonds is 5. The molecular weight excluding hydrogens is 327 g/mol. The number of halogens is 3. The summed E-state index contributed by atoms with van der Waals surface area (Å²) in [5.74, 6) is 1.30. The highest BCUT2D eigenvalue weighted by atomic mass is 32.2. The van der Waals surface area contributed by atoms with Gasteiger partial charge in [-0.05, 0) is 24.3 Å². The zero-order valence-corrected chi connectivity index (χ0v) is 12.6. The molecule has 0 aliphatic rings. The van der Waals surface area contributed by atoms with Crippen LogP contribution in [0.4, 0.5) is 13.2 Å². The number of hydrogen-bond donors (Lipinski definition) is 0. The molecule has 8 heteroatoms. The number of para-hydroxylation sites is 1. The van der Waals surface area contributed by atoms with E-state index in [-0.39, 0.29) is 0 Å². The Morgan fingerprint density at radius 2 is 1.83 bits per heavy atom. The van der Waals surface area contributed by atoms with Gasteiger partial charge in [-0.1, -0.05) is 30.0 Å². The summed E-state index contributed by atoms with van der Waals surface area (Å²) < 4.78 is 45.2. The second-order valence-electron chi connectivity index (χ2n) is 4.64. The fraction of sp³-hybridized carbons (Fsp3) is 0.200. The molecule has 0 saturated carbocycles. The van der Waals surface area contributed by atoms with Crippen molar-refractivity contribution in [1.29, 1.82) is 0 Å². The first-order valence-electron chi connectivity index (χ1n) is 6.77. The van der Waals surface area contributed by atoms with Gasteiger partial charge < -0.3 is 4.74 Å². The van der Waals surface area contributed by atoms with Crippen molar-refractivity contribution in [3.8, 4) is 5.75 Å². The summed E-state index contributed by atoms with van der Waals surface area (Å²) in [5.41, 5.74) is -0.350. The molecule has 3 aromatic rings. The molecule has 0 unspecified atom stereocenters. The predicted octanol–water partition coefficient (Wildman–Crippen LogP) is 3.92. The average molecular weight is 339 g/mol. The lowest BCUT2D eigenvalue weighted by Crippen LogP contribution is -2.06. The van der Waals surface area contributed by atoms with Gasteiger partial charge in [-0.2, -0.15) is 13.2 Å². The zero-order chi connectivity index (χ0) is 16.3. The van der Waals surface area contributed by atoms with E-state index in [1.54, 1.807) is 0 Å². The Bertz CT molecular complexity index is 790. The smallest absolute Gasteiger partial charge is 0.417 e. The van der Waals surface area contributed by atoms with Crippen LogP contribution in [0.25, 0.3) is 5.65 Å². The molecule has 0 aliphatic heterocycles. The lowest BCUT2D eigenvalue weighted by Gasteiger charge is -2.07. The predicted molar refractivity (Wildman–Crippen MR) is 80.7 cm³/mol. The van der Waals surface area contributed by atoms with E-state index in [9.17, 15) is 13.2 Å². The molecule has 23 heavy (non-hydrogen) atoms. The highest BCUT2D eigenvalue weighted by molar-refractivity contribution is 7.99. The van der Waals surface area contributed by atoms with Crippen LogP contribution >= 0.6 is 11.8 Å². The molecule has 0 bridgehead atoms. The number of alkyl halides is 3. The number of ether oxygens (including phenoxy) is 1. The summed E-state index contributed by atoms with van der Waals surface area (Å²) >= 11 is 1.29. The highest BCUT2D eigenvalue weighted by Gasteiger charge is 2.31. The molecule has 0 N–H and O–H groups in total. The third-order valence-electron chi connectivity index (χ3n) is 3.02. The van der Waals surface area contributed by atoms with Crippen LogP contribution in [0.2, 0.25) is 0 Å². The lowest BCUT2D eigenvalue weighted by molar-refractivity contribution is -0.137. The van der Waals surface area contributed by atoms with E-state index >= 15 is 0 Å². The maximum absolute atomic E-state index is 12.8. The van der Waals surface area contributed by atoms with Crippen LogP contribution in [-0.4, -0.2) is 27.0 Å². The first kappa shape index (κ1) is 15.7. The van der Waals surface area contributed by atoms with Crippen LogP contribution in [0.3, 0.4) is 0 Å². The molecule has 0 atom stereocenters. The van der Waals surface area contributed by atoms with Crippen molar-refractivity contribution in [2.75, 3.05) is 12.4 Å². The third-order valence-corrected chi connectivity index (χ3v) is 3.93. The average Bonchev–Trinajstić information content (AvgIpc) is 2.94. The molecule has 2 heterocycles. The number of pyridine rings is 1. The summed E-state index contributed by atoms with van der Waals surface area (Å²) in [4.78, 5) is 0. The van der Waals surface area contributed by atoms with Crippen LogP contribution in [0.15, 0.2) is 53.8 Å². The molecule has 0 fully saturated rings. The summed E-state index contributed by atoms with van der Waals surface area (Å²) in [5, 5.41) is 8.18. The molecule has 0 saturated heterocycles. The summed E-state index contributed by atoms with van der Waals surface area (Å²) in [6.07, 6.45) is -3.38. The second-order valence-corrected chi connectivity index (χ2v) is 5.70. The number of thioether (sulfide) groups is 1. The Morgan fingerprint density at radius 3 is 2.57 bits per heavy atom. The van der Waals surface area contributed by atoms with Crippen LogP contribution in [0.1, 0.15) is 5.56 Å². The summed E-state index contributed by atoms with van der Waals surface area (Å²) in [6.45, 7) is 0.419. The first-order chi connectivity index (χ1) is 11.0. The van der Waals surface area contributed by atoms with Crippen LogP contribution in [0, 0.1) is 0 Å². The monoisotopic (exact) mass is 339 g/mol. The van der Waals surface area contributed by atoms with Crippen molar-refractivity contribution in [2.24, 2.45) is 0 Å². The number of nitrogens with zero attached hydrogens (tertiary/aromatic N) is 3. The molecular formula is C15H12F3N3OS. The zero-order valence-electron chi connectivity index (χ0n) is 11.8. The maximum atomic E-state index is 12.8. The molecule has 0 radical (unpaired) electrons. The van der Waals surface area contributed by atoms with Gasteiger partial charge in [0.1, 0.15) is 5.75 Å². The number of aromatic nitrogens is 3. The van der Waals surface area contributed by atoms with Gasteiger partial charge in [-0.25, -0.2) is 0 Å². The Hall–Kier alpha value is -2.22. The van der Waals surface area contributed by atoms with Crippen LogP contribution in [0.5, 0.6) is 5.75 Å². The Morgan fingerprint density at radius 1 is 1.04 bits per heavy atom. The van der Waals surface area contributed by atoms with Gasteiger partial charge in [0.25, 0.3) is 0 Å². The minimum Gasteiger partial charge on any atom is -0.493 e. The van der Waals surface area contributed by atoms with E-state index < -0.39 is 11.7 Å². The maximum Gasteiger partial charge on any atom is 0.417 e. The van der Waals surface area contributed by atoms with Crippen molar-refractivity contribution < 1.29 is 17.9 Å². The summed E-state index contributed by atoms with van der Waals surface area (Å²) in [6, 6.07) is 11.6. The lowest BCUT2D eigenvalue weighted by atomic mass is 10.3. The van der Waals surface area contributed by atoms with Crippen LogP contribution in [-0.2, 0) is 6.18 Å². The van der Waals surface area contributed by atoms with Gasteiger partial charge in [0, 0.05) is 11.9 Å². The molecule has 0 amide bonds. The van der Waals surface area contributed by atoms with Crippen molar-refractivity contribution in [3.05, 3.63) is 54.2 Å². The normalized spacial score (nSPS) is 11.8. The highest BCUT2D eigenvalue weighted by Crippen LogP contribution is 2.30. The minimum atomic E-state index is -4.39. The van der Waals surface area contributed by atoms with Gasteiger partial charge >= 0.3 is 6.18 Å². The van der Waals surface area contributed by atoms with Gasteiger partial charge in [-0.15, -0.1) is 10.2 Å². The van der Waals surface area contributed by atoms with E-state index in [1.807, 2.05) is 30.3 Å². The largest absolute Gasteiger partial charge is 0.493 e. The molecule has 4 nitrogen and oxygen atoms in total. The molecule has 0 spiro atoms. The first-order valence-corrected chi connectivity index (χ1v) is 7.75. The van der Waals surface area contributed by atoms with E-state index in [1.165, 1.54) is 22.2 Å². The van der Waals surface area contributed by atoms with Crippen molar-refractivity contribution in [1.82, 2.24) is 14.6 Å². The SMILES string of the molecule is FC(F)(F)c1ccc2nnc(SCCOc3ccccc3)n2c1. The Kier molecular flexibility index (Phi) is 4.42. The molecule has 120 valence electrons. The number of hydrogen-bond acceptors (Lipinski definition) is 4. The van der Waals surface area contributed by atoms with E-state index in [2.05, 4.69) is 10.2 Å².